The first-order valence-corrected chi connectivity index (χ1v) is 34.6. The van der Waals surface area contributed by atoms with Crippen molar-refractivity contribution in [3.05, 3.63) is 48.6 Å². The van der Waals surface area contributed by atoms with E-state index in [9.17, 15) is 20.4 Å². The van der Waals surface area contributed by atoms with Crippen molar-refractivity contribution in [3.8, 4) is 0 Å². The second-order valence-electron chi connectivity index (χ2n) is 22.6. The van der Waals surface area contributed by atoms with Crippen LogP contribution in [-0.4, -0.2) is 26.4 Å². The van der Waals surface area contributed by atoms with Crippen molar-refractivity contribution in [2.45, 2.75) is 387 Å². The Morgan fingerprint density at radius 2 is 0.260 bits per heavy atom. The summed E-state index contributed by atoms with van der Waals surface area (Å²) >= 11 is 0. The molecule has 0 N–H and O–H groups in total. The van der Waals surface area contributed by atoms with Crippen LogP contribution >= 0.6 is 0 Å². The van der Waals surface area contributed by atoms with Crippen LogP contribution in [0.3, 0.4) is 0 Å². The first-order chi connectivity index (χ1) is 37.7. The summed E-state index contributed by atoms with van der Waals surface area (Å²) in [5.41, 5.74) is 0. The minimum absolute atomic E-state index is 0. The quantitative estimate of drug-likeness (QED) is 0.0345. The first kappa shape index (κ1) is 85.3. The number of unbranched alkanes of at least 4 members (excludes halogenated alkanes) is 48. The van der Waals surface area contributed by atoms with Crippen molar-refractivity contribution in [2.75, 3.05) is 26.4 Å². The summed E-state index contributed by atoms with van der Waals surface area (Å²) in [5, 5.41) is 41.0. The van der Waals surface area contributed by atoms with Crippen LogP contribution in [0.4, 0.5) is 0 Å². The SMILES string of the molecule is CCCCCCCC/C=C/CCCCCCCC[O-].CCCCCCCC/C=C/CCCCCCCC[O-].CCCCCCCC/C=C/CCCCCCCC[O-].CCCCCCCC/C=C/CCCCCCCC[O-].[Ti+4]. The smallest absolute Gasteiger partial charge is 0.854 e. The molecule has 0 aromatic rings. The average molecular weight is 1120 g/mol. The molecule has 4 nitrogen and oxygen atoms in total. The molecule has 0 rings (SSSR count). The van der Waals surface area contributed by atoms with Crippen LogP contribution in [-0.2, 0) is 21.7 Å². The van der Waals surface area contributed by atoms with E-state index >= 15 is 0 Å². The molecule has 0 radical (unpaired) electrons. The third-order valence-corrected chi connectivity index (χ3v) is 14.6. The Morgan fingerprint density at radius 3 is 0.377 bits per heavy atom. The molecule has 0 heterocycles. The number of hydrogen-bond acceptors (Lipinski definition) is 4. The van der Waals surface area contributed by atoms with Gasteiger partial charge < -0.3 is 20.4 Å². The van der Waals surface area contributed by atoms with E-state index in [-0.39, 0.29) is 48.1 Å². The molecule has 0 amide bonds. The van der Waals surface area contributed by atoms with Gasteiger partial charge in [-0.15, -0.1) is 26.4 Å². The standard InChI is InChI=1S/4C18H35O.Ti/c4*1-2-3-4-5-6-7-8-9-10-11-12-13-14-15-16-17-18-19;/h4*9-10H,2-8,11-18H2,1H3;/q4*-1;+4/b4*10-9+;. The molecule has 0 saturated carbocycles. The van der Waals surface area contributed by atoms with Gasteiger partial charge in [-0.3, -0.25) is 0 Å². The maximum Gasteiger partial charge on any atom is 4.00 e. The van der Waals surface area contributed by atoms with E-state index in [1.165, 1.54) is 308 Å². The normalized spacial score (nSPS) is 11.3. The summed E-state index contributed by atoms with van der Waals surface area (Å²) in [6, 6.07) is 0. The summed E-state index contributed by atoms with van der Waals surface area (Å²) in [7, 11) is 0. The third-order valence-electron chi connectivity index (χ3n) is 14.6. The molecule has 0 aromatic heterocycles. The Hall–Kier alpha value is -0.486. The van der Waals surface area contributed by atoms with Crippen molar-refractivity contribution in [1.82, 2.24) is 0 Å². The average Bonchev–Trinajstić information content (AvgIpc) is 3.43. The molecule has 0 aliphatic heterocycles. The Bertz CT molecular complexity index is 866. The topological polar surface area (TPSA) is 92.2 Å². The predicted octanol–water partition coefficient (Wildman–Crippen LogP) is 21.5. The maximum atomic E-state index is 10.3. The monoisotopic (exact) mass is 1120 g/mol. The number of rotatable bonds is 60. The molecule has 0 spiro atoms. The van der Waals surface area contributed by atoms with Crippen LogP contribution in [0.1, 0.15) is 387 Å². The van der Waals surface area contributed by atoms with E-state index in [4.69, 9.17) is 0 Å². The van der Waals surface area contributed by atoms with Crippen LogP contribution in [0.15, 0.2) is 48.6 Å². The van der Waals surface area contributed by atoms with E-state index in [2.05, 4.69) is 76.3 Å². The molecular weight excluding hydrogens is 977 g/mol. The molecule has 456 valence electrons. The Kier molecular flexibility index (Phi) is 102. The minimum atomic E-state index is 0. The van der Waals surface area contributed by atoms with E-state index in [0.29, 0.717) is 0 Å². The fourth-order valence-electron chi connectivity index (χ4n) is 9.40. The van der Waals surface area contributed by atoms with Crippen LogP contribution in [0.5, 0.6) is 0 Å². The van der Waals surface area contributed by atoms with Crippen molar-refractivity contribution in [3.63, 3.8) is 0 Å². The Morgan fingerprint density at radius 1 is 0.156 bits per heavy atom. The van der Waals surface area contributed by atoms with Gasteiger partial charge in [0.1, 0.15) is 0 Å². The Labute approximate surface area is 501 Å². The summed E-state index contributed by atoms with van der Waals surface area (Å²) in [6.45, 7) is 9.53. The largest absolute Gasteiger partial charge is 4.00 e. The first-order valence-electron chi connectivity index (χ1n) is 34.6. The van der Waals surface area contributed by atoms with Gasteiger partial charge in [-0.25, -0.2) is 0 Å². The number of hydrogen-bond donors (Lipinski definition) is 0. The van der Waals surface area contributed by atoms with Crippen LogP contribution in [0, 0.1) is 0 Å². The zero-order chi connectivity index (χ0) is 56.1. The summed E-state index contributed by atoms with van der Waals surface area (Å²) < 4.78 is 0. The zero-order valence-electron chi connectivity index (χ0n) is 53.2. The van der Waals surface area contributed by atoms with Gasteiger partial charge in [-0.2, -0.15) is 0 Å². The second-order valence-corrected chi connectivity index (χ2v) is 22.6. The van der Waals surface area contributed by atoms with Crippen LogP contribution in [0.25, 0.3) is 0 Å². The van der Waals surface area contributed by atoms with E-state index in [1.54, 1.807) is 0 Å². The van der Waals surface area contributed by atoms with Gasteiger partial charge in [-0.1, -0.05) is 333 Å². The predicted molar refractivity (Wildman–Crippen MR) is 337 cm³/mol. The molecule has 0 bridgehead atoms. The van der Waals surface area contributed by atoms with Gasteiger partial charge in [0.05, 0.1) is 0 Å². The molecular formula is C72H140O4Ti. The summed E-state index contributed by atoms with van der Waals surface area (Å²) in [6.07, 6.45) is 91.5. The number of allylic oxidation sites excluding steroid dienone is 8. The Balaban J connectivity index is -0.000000298. The van der Waals surface area contributed by atoms with Crippen LogP contribution < -0.4 is 20.4 Å². The van der Waals surface area contributed by atoms with E-state index in [0.717, 1.165) is 51.4 Å². The summed E-state index contributed by atoms with van der Waals surface area (Å²) in [5.74, 6) is 0. The van der Waals surface area contributed by atoms with Crippen molar-refractivity contribution >= 4 is 0 Å². The fourth-order valence-corrected chi connectivity index (χ4v) is 9.40. The molecule has 0 aliphatic rings. The molecule has 0 saturated heterocycles. The molecule has 0 atom stereocenters. The molecule has 77 heavy (non-hydrogen) atoms. The van der Waals surface area contributed by atoms with E-state index in [1.807, 2.05) is 0 Å². The van der Waals surface area contributed by atoms with Crippen molar-refractivity contribution in [2.24, 2.45) is 0 Å². The molecule has 0 unspecified atom stereocenters. The molecule has 0 aliphatic carbocycles. The van der Waals surface area contributed by atoms with Crippen molar-refractivity contribution in [1.29, 1.82) is 0 Å². The zero-order valence-corrected chi connectivity index (χ0v) is 54.7. The maximum absolute atomic E-state index is 10.3. The van der Waals surface area contributed by atoms with Crippen molar-refractivity contribution < 1.29 is 42.1 Å². The summed E-state index contributed by atoms with van der Waals surface area (Å²) in [4.78, 5) is 0. The van der Waals surface area contributed by atoms with Gasteiger partial charge in [-0.05, 0) is 103 Å². The second kappa shape index (κ2) is 92.0. The van der Waals surface area contributed by atoms with E-state index < -0.39 is 0 Å². The van der Waals surface area contributed by atoms with Gasteiger partial charge >= 0.3 is 21.7 Å². The fraction of sp³-hybridized carbons (Fsp3) is 0.889. The van der Waals surface area contributed by atoms with Crippen LogP contribution in [0.2, 0.25) is 0 Å². The molecule has 0 aromatic carbocycles. The van der Waals surface area contributed by atoms with Gasteiger partial charge in [0.15, 0.2) is 0 Å². The molecule has 0 fully saturated rings. The van der Waals surface area contributed by atoms with Gasteiger partial charge in [0.2, 0.25) is 0 Å². The molecule has 5 heteroatoms. The minimum Gasteiger partial charge on any atom is -0.854 e. The van der Waals surface area contributed by atoms with Gasteiger partial charge in [0.25, 0.3) is 0 Å². The van der Waals surface area contributed by atoms with Gasteiger partial charge in [0, 0.05) is 0 Å². The third kappa shape index (κ3) is 101.